The van der Waals surface area contributed by atoms with Crippen molar-refractivity contribution < 1.29 is 14.2 Å². The quantitative estimate of drug-likeness (QED) is 0.277. The summed E-state index contributed by atoms with van der Waals surface area (Å²) in [6, 6.07) is 0. The van der Waals surface area contributed by atoms with Crippen LogP contribution in [-0.4, -0.2) is 36.6 Å². The summed E-state index contributed by atoms with van der Waals surface area (Å²) in [5, 5.41) is 0. The molecule has 29 heavy (non-hydrogen) atoms. The minimum atomic E-state index is -0.222. The molecule has 0 aromatic carbocycles. The maximum atomic E-state index is 6.38. The lowest BCUT2D eigenvalue weighted by atomic mass is 9.74. The van der Waals surface area contributed by atoms with Crippen molar-refractivity contribution in [2.24, 2.45) is 23.2 Å². The van der Waals surface area contributed by atoms with E-state index in [1.807, 2.05) is 0 Å². The molecular formula is C26H54O3. The van der Waals surface area contributed by atoms with Crippen LogP contribution in [0.3, 0.4) is 0 Å². The molecule has 3 nitrogen and oxygen atoms in total. The third-order valence-electron chi connectivity index (χ3n) is 6.78. The minimum absolute atomic E-state index is 0.0235. The molecule has 0 spiro atoms. The van der Waals surface area contributed by atoms with Crippen LogP contribution in [-0.2, 0) is 14.2 Å². The summed E-state index contributed by atoms with van der Waals surface area (Å²) in [4.78, 5) is 0. The van der Waals surface area contributed by atoms with Crippen LogP contribution < -0.4 is 0 Å². The Morgan fingerprint density at radius 3 is 1.62 bits per heavy atom. The molecule has 0 aliphatic rings. The summed E-state index contributed by atoms with van der Waals surface area (Å²) in [5.41, 5.74) is -0.428. The molecule has 0 amide bonds. The highest BCUT2D eigenvalue weighted by Crippen LogP contribution is 2.38. The predicted octanol–water partition coefficient (Wildman–Crippen LogP) is 7.52. The average molecular weight is 415 g/mol. The Hall–Kier alpha value is -0.120. The van der Waals surface area contributed by atoms with Gasteiger partial charge in [-0.15, -0.1) is 0 Å². The summed E-state index contributed by atoms with van der Waals surface area (Å²) in [5.74, 6) is 1.91. The lowest BCUT2D eigenvalue weighted by Gasteiger charge is -2.43. The molecule has 0 fully saturated rings. The highest BCUT2D eigenvalue weighted by Gasteiger charge is 2.38. The second-order valence-corrected chi connectivity index (χ2v) is 12.2. The SMILES string of the molecule is CC(C)COC(C)(C)CCOC(C)(C)C(C)(C)CCOC(C)(C)CC(C)C(C)C. The van der Waals surface area contributed by atoms with Gasteiger partial charge in [0.2, 0.25) is 0 Å². The summed E-state index contributed by atoms with van der Waals surface area (Å²) >= 11 is 0. The molecular weight excluding hydrogens is 360 g/mol. The maximum Gasteiger partial charge on any atom is 0.0678 e. The third kappa shape index (κ3) is 11.7. The van der Waals surface area contributed by atoms with Gasteiger partial charge in [-0.3, -0.25) is 0 Å². The molecule has 0 radical (unpaired) electrons. The summed E-state index contributed by atoms with van der Waals surface area (Å²) in [7, 11) is 0. The van der Waals surface area contributed by atoms with Gasteiger partial charge in [0.1, 0.15) is 0 Å². The molecule has 0 saturated heterocycles. The van der Waals surface area contributed by atoms with Gasteiger partial charge in [0.25, 0.3) is 0 Å². The highest BCUT2D eigenvalue weighted by molar-refractivity contribution is 4.88. The van der Waals surface area contributed by atoms with Crippen LogP contribution in [0.2, 0.25) is 0 Å². The largest absolute Gasteiger partial charge is 0.376 e. The van der Waals surface area contributed by atoms with Crippen LogP contribution in [0.5, 0.6) is 0 Å². The first-order valence-corrected chi connectivity index (χ1v) is 11.8. The third-order valence-corrected chi connectivity index (χ3v) is 6.78. The van der Waals surface area contributed by atoms with E-state index in [1.54, 1.807) is 0 Å². The zero-order valence-electron chi connectivity index (χ0n) is 22.2. The summed E-state index contributed by atoms with van der Waals surface area (Å²) in [6.45, 7) is 31.3. The first-order chi connectivity index (χ1) is 12.9. The smallest absolute Gasteiger partial charge is 0.0678 e. The van der Waals surface area contributed by atoms with E-state index in [-0.39, 0.29) is 22.2 Å². The van der Waals surface area contributed by atoms with Crippen molar-refractivity contribution in [3.63, 3.8) is 0 Å². The molecule has 0 rings (SSSR count). The van der Waals surface area contributed by atoms with E-state index in [4.69, 9.17) is 14.2 Å². The lowest BCUT2D eigenvalue weighted by Crippen LogP contribution is -2.44. The van der Waals surface area contributed by atoms with Gasteiger partial charge in [-0.1, -0.05) is 48.5 Å². The standard InChI is InChI=1S/C26H54O3/c1-20(2)19-29-24(8,9)15-17-28-26(12,13)23(6,7)14-16-27-25(10,11)18-22(5)21(3)4/h20-22H,14-19H2,1-13H3. The van der Waals surface area contributed by atoms with Gasteiger partial charge in [-0.25, -0.2) is 0 Å². The number of rotatable bonds is 15. The van der Waals surface area contributed by atoms with E-state index in [9.17, 15) is 0 Å². The van der Waals surface area contributed by atoms with E-state index >= 15 is 0 Å². The van der Waals surface area contributed by atoms with Crippen molar-refractivity contribution in [3.8, 4) is 0 Å². The molecule has 0 heterocycles. The molecule has 176 valence electrons. The second-order valence-electron chi connectivity index (χ2n) is 12.2. The highest BCUT2D eigenvalue weighted by atomic mass is 16.5. The number of hydrogen-bond acceptors (Lipinski definition) is 3. The Bertz CT molecular complexity index is 447. The molecule has 0 aliphatic heterocycles. The first kappa shape index (κ1) is 28.9. The molecule has 1 unspecified atom stereocenters. The topological polar surface area (TPSA) is 27.7 Å². The second kappa shape index (κ2) is 11.5. The fourth-order valence-corrected chi connectivity index (χ4v) is 3.17. The Morgan fingerprint density at radius 1 is 0.621 bits per heavy atom. The van der Waals surface area contributed by atoms with Gasteiger partial charge in [-0.05, 0) is 84.0 Å². The maximum absolute atomic E-state index is 6.38. The number of hydrogen-bond donors (Lipinski definition) is 0. The molecule has 3 heteroatoms. The Balaban J connectivity index is 4.55. The van der Waals surface area contributed by atoms with Crippen LogP contribution in [0.15, 0.2) is 0 Å². The van der Waals surface area contributed by atoms with E-state index < -0.39 is 0 Å². The zero-order valence-corrected chi connectivity index (χ0v) is 22.2. The molecule has 1 atom stereocenters. The van der Waals surface area contributed by atoms with Crippen molar-refractivity contribution in [3.05, 3.63) is 0 Å². The molecule has 0 aliphatic carbocycles. The number of ether oxygens (including phenoxy) is 3. The van der Waals surface area contributed by atoms with Gasteiger partial charge in [0.15, 0.2) is 0 Å². The van der Waals surface area contributed by atoms with E-state index in [2.05, 4.69) is 90.0 Å². The van der Waals surface area contributed by atoms with Gasteiger partial charge in [0, 0.05) is 13.2 Å². The molecule has 0 saturated carbocycles. The van der Waals surface area contributed by atoms with Crippen LogP contribution in [0, 0.1) is 23.2 Å². The van der Waals surface area contributed by atoms with Crippen molar-refractivity contribution in [1.29, 1.82) is 0 Å². The van der Waals surface area contributed by atoms with Crippen molar-refractivity contribution in [2.75, 3.05) is 19.8 Å². The monoisotopic (exact) mass is 414 g/mol. The van der Waals surface area contributed by atoms with Gasteiger partial charge < -0.3 is 14.2 Å². The van der Waals surface area contributed by atoms with Gasteiger partial charge in [0.05, 0.1) is 23.4 Å². The zero-order chi connectivity index (χ0) is 23.1. The van der Waals surface area contributed by atoms with Gasteiger partial charge >= 0.3 is 0 Å². The Morgan fingerprint density at radius 2 is 1.14 bits per heavy atom. The molecule has 0 aromatic heterocycles. The average Bonchev–Trinajstić information content (AvgIpc) is 2.51. The van der Waals surface area contributed by atoms with E-state index in [0.717, 1.165) is 32.5 Å². The van der Waals surface area contributed by atoms with Crippen molar-refractivity contribution in [1.82, 2.24) is 0 Å². The van der Waals surface area contributed by atoms with Crippen molar-refractivity contribution >= 4 is 0 Å². The van der Waals surface area contributed by atoms with E-state index in [1.165, 1.54) is 0 Å². The normalized spacial score (nSPS) is 15.4. The summed E-state index contributed by atoms with van der Waals surface area (Å²) in [6.07, 6.45) is 2.97. The minimum Gasteiger partial charge on any atom is -0.376 e. The molecule has 0 aromatic rings. The lowest BCUT2D eigenvalue weighted by molar-refractivity contribution is -0.132. The van der Waals surface area contributed by atoms with Crippen LogP contribution in [0.4, 0.5) is 0 Å². The fourth-order valence-electron chi connectivity index (χ4n) is 3.17. The predicted molar refractivity (Wildman–Crippen MR) is 127 cm³/mol. The van der Waals surface area contributed by atoms with Crippen LogP contribution in [0.25, 0.3) is 0 Å². The van der Waals surface area contributed by atoms with Crippen molar-refractivity contribution in [2.45, 2.75) is 126 Å². The summed E-state index contributed by atoms with van der Waals surface area (Å²) < 4.78 is 18.7. The van der Waals surface area contributed by atoms with Crippen LogP contribution >= 0.6 is 0 Å². The first-order valence-electron chi connectivity index (χ1n) is 11.8. The van der Waals surface area contributed by atoms with Gasteiger partial charge in [-0.2, -0.15) is 0 Å². The Labute approximate surface area is 183 Å². The van der Waals surface area contributed by atoms with Crippen LogP contribution in [0.1, 0.15) is 109 Å². The Kier molecular flexibility index (Phi) is 11.4. The molecule has 0 bridgehead atoms. The van der Waals surface area contributed by atoms with E-state index in [0.29, 0.717) is 24.4 Å². The fraction of sp³-hybridized carbons (Fsp3) is 1.00. The molecule has 0 N–H and O–H groups in total.